The van der Waals surface area contributed by atoms with Crippen molar-refractivity contribution in [3.05, 3.63) is 69.4 Å². The smallest absolute Gasteiger partial charge is 0.287 e. The zero-order valence-electron chi connectivity index (χ0n) is 18.3. The highest BCUT2D eigenvalue weighted by Gasteiger charge is 2.25. The van der Waals surface area contributed by atoms with Gasteiger partial charge in [0.1, 0.15) is 5.58 Å². The van der Waals surface area contributed by atoms with Crippen molar-refractivity contribution in [3.8, 4) is 0 Å². The number of rotatable bonds is 6. The number of ether oxygens (including phenoxy) is 1. The van der Waals surface area contributed by atoms with E-state index in [9.17, 15) is 4.79 Å². The van der Waals surface area contributed by atoms with Gasteiger partial charge in [-0.25, -0.2) is 0 Å². The van der Waals surface area contributed by atoms with Crippen LogP contribution < -0.4 is 5.32 Å². The summed E-state index contributed by atoms with van der Waals surface area (Å²) in [6, 6.07) is 14.7. The quantitative estimate of drug-likeness (QED) is 0.506. The van der Waals surface area contributed by atoms with Gasteiger partial charge in [-0.15, -0.1) is 0 Å². The molecule has 1 amide bonds. The number of aryl methyl sites for hydroxylation is 1. The molecule has 0 spiro atoms. The van der Waals surface area contributed by atoms with Gasteiger partial charge >= 0.3 is 0 Å². The van der Waals surface area contributed by atoms with Crippen LogP contribution >= 0.6 is 15.9 Å². The number of morpholine rings is 1. The van der Waals surface area contributed by atoms with E-state index in [0.29, 0.717) is 37.0 Å². The largest absolute Gasteiger partial charge is 0.451 e. The molecule has 31 heavy (non-hydrogen) atoms. The van der Waals surface area contributed by atoms with Gasteiger partial charge in [-0.2, -0.15) is 0 Å². The molecule has 1 atom stereocenters. The number of furan rings is 1. The summed E-state index contributed by atoms with van der Waals surface area (Å²) in [7, 11) is 0. The normalized spacial score (nSPS) is 16.0. The van der Waals surface area contributed by atoms with Crippen LogP contribution in [-0.4, -0.2) is 43.7 Å². The number of nitrogens with one attached hydrogen (secondary N) is 1. The van der Waals surface area contributed by atoms with Crippen LogP contribution in [0.15, 0.2) is 51.4 Å². The van der Waals surface area contributed by atoms with Crippen LogP contribution in [0.5, 0.6) is 0 Å². The number of amides is 1. The maximum Gasteiger partial charge on any atom is 0.287 e. The van der Waals surface area contributed by atoms with Crippen molar-refractivity contribution in [3.63, 3.8) is 0 Å². The lowest BCUT2D eigenvalue weighted by molar-refractivity contribution is 0.0161. The molecule has 1 aliphatic heterocycles. The molecule has 0 bridgehead atoms. The fourth-order valence-corrected chi connectivity index (χ4v) is 4.48. The van der Waals surface area contributed by atoms with Gasteiger partial charge in [0.2, 0.25) is 0 Å². The van der Waals surface area contributed by atoms with E-state index in [1.54, 1.807) is 0 Å². The second-order valence-electron chi connectivity index (χ2n) is 8.39. The monoisotopic (exact) mass is 484 g/mol. The molecule has 5 nitrogen and oxygen atoms in total. The Kier molecular flexibility index (Phi) is 6.80. The predicted molar refractivity (Wildman–Crippen MR) is 127 cm³/mol. The summed E-state index contributed by atoms with van der Waals surface area (Å²) in [5.74, 6) is 0.692. The van der Waals surface area contributed by atoms with E-state index in [2.05, 4.69) is 64.3 Å². The van der Waals surface area contributed by atoms with Crippen LogP contribution in [0, 0.1) is 6.92 Å². The predicted octanol–water partition coefficient (Wildman–Crippen LogP) is 5.43. The number of carbonyl (C=O) groups is 1. The van der Waals surface area contributed by atoms with Crippen LogP contribution in [0.25, 0.3) is 11.0 Å². The SMILES string of the molecule is Cc1c(C(=O)NC[C@H](c2ccc(C(C)C)cc2)N2CCOCC2)oc2cc(Br)ccc12. The van der Waals surface area contributed by atoms with Crippen molar-refractivity contribution >= 4 is 32.8 Å². The first-order valence-electron chi connectivity index (χ1n) is 10.8. The summed E-state index contributed by atoms with van der Waals surface area (Å²) in [6.07, 6.45) is 0. The maximum absolute atomic E-state index is 13.0. The highest BCUT2D eigenvalue weighted by Crippen LogP contribution is 2.28. The lowest BCUT2D eigenvalue weighted by Crippen LogP contribution is -2.43. The summed E-state index contributed by atoms with van der Waals surface area (Å²) >= 11 is 3.46. The zero-order chi connectivity index (χ0) is 22.0. The Hall–Kier alpha value is -2.15. The van der Waals surface area contributed by atoms with Crippen LogP contribution in [0.3, 0.4) is 0 Å². The Balaban J connectivity index is 1.54. The fourth-order valence-electron chi connectivity index (χ4n) is 4.14. The van der Waals surface area contributed by atoms with Crippen molar-refractivity contribution in [2.24, 2.45) is 0 Å². The lowest BCUT2D eigenvalue weighted by Gasteiger charge is -2.35. The minimum absolute atomic E-state index is 0.0906. The molecule has 0 saturated carbocycles. The van der Waals surface area contributed by atoms with Crippen LogP contribution in [-0.2, 0) is 4.74 Å². The topological polar surface area (TPSA) is 54.7 Å². The van der Waals surface area contributed by atoms with E-state index < -0.39 is 0 Å². The maximum atomic E-state index is 13.0. The Morgan fingerprint density at radius 1 is 1.10 bits per heavy atom. The highest BCUT2D eigenvalue weighted by atomic mass is 79.9. The number of hydrogen-bond donors (Lipinski definition) is 1. The molecular weight excluding hydrogens is 456 g/mol. The first-order chi connectivity index (χ1) is 14.9. The molecule has 1 fully saturated rings. The molecule has 164 valence electrons. The molecule has 1 saturated heterocycles. The molecule has 1 aliphatic rings. The molecule has 2 aromatic carbocycles. The third-order valence-corrected chi connectivity index (χ3v) is 6.53. The van der Waals surface area contributed by atoms with Gasteiger partial charge in [-0.1, -0.05) is 54.0 Å². The highest BCUT2D eigenvalue weighted by molar-refractivity contribution is 9.10. The van der Waals surface area contributed by atoms with Gasteiger partial charge in [0.25, 0.3) is 5.91 Å². The molecule has 0 radical (unpaired) electrons. The molecular formula is C25H29BrN2O3. The second-order valence-corrected chi connectivity index (χ2v) is 9.31. The number of fused-ring (bicyclic) bond motifs is 1. The number of nitrogens with zero attached hydrogens (tertiary/aromatic N) is 1. The minimum atomic E-state index is -0.179. The van der Waals surface area contributed by atoms with Crippen molar-refractivity contribution in [2.75, 3.05) is 32.8 Å². The molecule has 6 heteroatoms. The van der Waals surface area contributed by atoms with Crippen molar-refractivity contribution in [1.29, 1.82) is 0 Å². The van der Waals surface area contributed by atoms with Crippen LogP contribution in [0.2, 0.25) is 0 Å². The fraction of sp³-hybridized carbons (Fsp3) is 0.400. The van der Waals surface area contributed by atoms with Crippen molar-refractivity contribution in [1.82, 2.24) is 10.2 Å². The lowest BCUT2D eigenvalue weighted by atomic mass is 9.98. The number of halogens is 1. The number of carbonyl (C=O) groups excluding carboxylic acids is 1. The van der Waals surface area contributed by atoms with Gasteiger partial charge < -0.3 is 14.5 Å². The standard InChI is InChI=1S/C25H29BrN2O3/c1-16(2)18-4-6-19(7-5-18)22(28-10-12-30-13-11-28)15-27-25(29)24-17(3)21-9-8-20(26)14-23(21)31-24/h4-9,14,16,22H,10-13,15H2,1-3H3,(H,27,29)/t22-/m1/s1. The van der Waals surface area contributed by atoms with Gasteiger partial charge in [0, 0.05) is 35.1 Å². The van der Waals surface area contributed by atoms with E-state index in [-0.39, 0.29) is 11.9 Å². The minimum Gasteiger partial charge on any atom is -0.451 e. The first-order valence-corrected chi connectivity index (χ1v) is 11.6. The second kappa shape index (κ2) is 9.55. The van der Waals surface area contributed by atoms with Gasteiger partial charge in [-0.3, -0.25) is 9.69 Å². The Morgan fingerprint density at radius 2 is 1.77 bits per heavy atom. The van der Waals surface area contributed by atoms with E-state index in [4.69, 9.17) is 9.15 Å². The van der Waals surface area contributed by atoms with E-state index >= 15 is 0 Å². The summed E-state index contributed by atoms with van der Waals surface area (Å²) in [4.78, 5) is 15.4. The third kappa shape index (κ3) is 4.86. The zero-order valence-corrected chi connectivity index (χ0v) is 19.9. The molecule has 0 unspecified atom stereocenters. The molecule has 3 aromatic rings. The first kappa shape index (κ1) is 22.1. The molecule has 1 N–H and O–H groups in total. The van der Waals surface area contributed by atoms with Gasteiger partial charge in [0.05, 0.1) is 19.3 Å². The molecule has 0 aliphatic carbocycles. The van der Waals surface area contributed by atoms with Gasteiger partial charge in [-0.05, 0) is 42.2 Å². The third-order valence-electron chi connectivity index (χ3n) is 6.04. The van der Waals surface area contributed by atoms with E-state index in [1.807, 2.05) is 25.1 Å². The molecule has 2 heterocycles. The van der Waals surface area contributed by atoms with E-state index in [0.717, 1.165) is 28.5 Å². The van der Waals surface area contributed by atoms with Crippen LogP contribution in [0.4, 0.5) is 0 Å². The number of benzene rings is 2. The molecule has 1 aromatic heterocycles. The van der Waals surface area contributed by atoms with Crippen molar-refractivity contribution < 1.29 is 13.9 Å². The van der Waals surface area contributed by atoms with E-state index in [1.165, 1.54) is 11.1 Å². The van der Waals surface area contributed by atoms with Crippen molar-refractivity contribution in [2.45, 2.75) is 32.7 Å². The average Bonchev–Trinajstić information content (AvgIpc) is 3.10. The van der Waals surface area contributed by atoms with Crippen LogP contribution in [0.1, 0.15) is 53.1 Å². The summed E-state index contributed by atoms with van der Waals surface area (Å²) in [6.45, 7) is 9.97. The Bertz CT molecular complexity index is 1050. The Labute approximate surface area is 191 Å². The summed E-state index contributed by atoms with van der Waals surface area (Å²) in [5, 5.41) is 4.08. The molecule has 4 rings (SSSR count). The van der Waals surface area contributed by atoms with Gasteiger partial charge in [0.15, 0.2) is 5.76 Å². The Morgan fingerprint density at radius 3 is 2.45 bits per heavy atom. The summed E-state index contributed by atoms with van der Waals surface area (Å²) in [5.41, 5.74) is 4.10. The summed E-state index contributed by atoms with van der Waals surface area (Å²) < 4.78 is 12.4. The number of hydrogen-bond acceptors (Lipinski definition) is 4. The average molecular weight is 485 g/mol.